The molecule has 2 aromatic heterocycles. The Labute approximate surface area is 219 Å². The highest BCUT2D eigenvalue weighted by Gasteiger charge is 2.26. The van der Waals surface area contributed by atoms with Gasteiger partial charge in [0.1, 0.15) is 17.1 Å². The van der Waals surface area contributed by atoms with Crippen LogP contribution in [0.15, 0.2) is 39.7 Å². The van der Waals surface area contributed by atoms with E-state index in [-0.39, 0.29) is 29.6 Å². The van der Waals surface area contributed by atoms with Crippen LogP contribution >= 0.6 is 11.3 Å². The second kappa shape index (κ2) is 17.4. The van der Waals surface area contributed by atoms with Crippen molar-refractivity contribution in [3.8, 4) is 5.75 Å². The van der Waals surface area contributed by atoms with Gasteiger partial charge in [-0.2, -0.15) is 13.2 Å². The van der Waals surface area contributed by atoms with Gasteiger partial charge in [-0.05, 0) is 44.5 Å². The van der Waals surface area contributed by atoms with E-state index in [1.165, 1.54) is 24.5 Å². The molecule has 1 atom stereocenters. The molecule has 2 N–H and O–H groups in total. The topological polar surface area (TPSA) is 106 Å². The third-order valence-electron chi connectivity index (χ3n) is 4.80. The number of hydrogen-bond acceptors (Lipinski definition) is 8. The number of nitrogens with one attached hydrogen (secondary N) is 1. The van der Waals surface area contributed by atoms with E-state index in [9.17, 15) is 27.9 Å². The third-order valence-corrected chi connectivity index (χ3v) is 5.86. The van der Waals surface area contributed by atoms with Crippen LogP contribution < -0.4 is 10.9 Å². The Morgan fingerprint density at radius 1 is 1.27 bits per heavy atom. The number of alkyl halides is 3. The summed E-state index contributed by atoms with van der Waals surface area (Å²) < 4.78 is 44.3. The Morgan fingerprint density at radius 3 is 2.32 bits per heavy atom. The van der Waals surface area contributed by atoms with Crippen molar-refractivity contribution in [1.29, 1.82) is 0 Å². The quantitative estimate of drug-likeness (QED) is 0.272. The second-order valence-electron chi connectivity index (χ2n) is 8.34. The van der Waals surface area contributed by atoms with Gasteiger partial charge < -0.3 is 19.6 Å². The van der Waals surface area contributed by atoms with Crippen molar-refractivity contribution in [2.45, 2.75) is 65.5 Å². The van der Waals surface area contributed by atoms with Crippen LogP contribution in [0.4, 0.5) is 13.2 Å². The van der Waals surface area contributed by atoms with Crippen molar-refractivity contribution in [3.05, 3.63) is 62.0 Å². The molecule has 2 heterocycles. The normalized spacial score (nSPS) is 11.7. The fourth-order valence-corrected chi connectivity index (χ4v) is 3.72. The van der Waals surface area contributed by atoms with Crippen molar-refractivity contribution in [2.24, 2.45) is 5.92 Å². The monoisotopic (exact) mass is 547 g/mol. The van der Waals surface area contributed by atoms with Gasteiger partial charge in [0.25, 0.3) is 6.47 Å². The van der Waals surface area contributed by atoms with E-state index < -0.39 is 24.0 Å². The predicted molar refractivity (Wildman–Crippen MR) is 138 cm³/mol. The maximum atomic E-state index is 11.9. The third kappa shape index (κ3) is 14.3. The molecule has 37 heavy (non-hydrogen) atoms. The summed E-state index contributed by atoms with van der Waals surface area (Å²) in [6, 6.07) is 4.98. The number of aryl methyl sites for hydroxylation is 2. The standard InChI is InChI=1S/C16H23NO4.C8H9F3S.C2H4O2/c1-10(2)15(19)14-12(18)9-13(21-16(14)20)11(3)7-5-6-8-17-4;1-6-2-3-7(12-6)4-5-8(9,10)11;1-4-2-3/h6,8-11,17-18H,5,7H2,1-4H3;2-3H,4-5H2,1H3;2H,1H3/b8-6+;;. The lowest BCUT2D eigenvalue weighted by molar-refractivity contribution is -0.133. The minimum Gasteiger partial charge on any atom is -0.507 e. The number of rotatable bonds is 10. The van der Waals surface area contributed by atoms with Crippen LogP contribution in [0.1, 0.15) is 71.8 Å². The number of methoxy groups -OCH3 is 1. The number of hydrogen-bond donors (Lipinski definition) is 2. The van der Waals surface area contributed by atoms with Gasteiger partial charge in [-0.1, -0.05) is 26.8 Å². The van der Waals surface area contributed by atoms with Crippen LogP contribution in [-0.4, -0.2) is 37.7 Å². The zero-order valence-corrected chi connectivity index (χ0v) is 22.8. The maximum Gasteiger partial charge on any atom is 0.389 e. The van der Waals surface area contributed by atoms with Crippen molar-refractivity contribution < 1.29 is 37.0 Å². The molecular weight excluding hydrogens is 511 g/mol. The van der Waals surface area contributed by atoms with Crippen LogP contribution in [0.25, 0.3) is 0 Å². The summed E-state index contributed by atoms with van der Waals surface area (Å²) in [7, 11) is 3.13. The van der Waals surface area contributed by atoms with E-state index in [1.807, 2.05) is 39.2 Å². The highest BCUT2D eigenvalue weighted by Crippen LogP contribution is 2.26. The number of Topliss-reactive ketones (excluding diaryl/α,β-unsaturated/α-hetero) is 1. The first-order chi connectivity index (χ1) is 17.3. The molecule has 0 saturated heterocycles. The molecule has 1 unspecified atom stereocenters. The molecule has 7 nitrogen and oxygen atoms in total. The molecule has 0 bridgehead atoms. The maximum absolute atomic E-state index is 11.9. The number of ketones is 1. The fraction of sp³-hybridized carbons (Fsp3) is 0.500. The van der Waals surface area contributed by atoms with Crippen molar-refractivity contribution >= 4 is 23.6 Å². The summed E-state index contributed by atoms with van der Waals surface area (Å²) >= 11 is 1.43. The van der Waals surface area contributed by atoms with E-state index in [0.717, 1.165) is 22.6 Å². The van der Waals surface area contributed by atoms with E-state index >= 15 is 0 Å². The minimum atomic E-state index is -4.03. The molecule has 0 spiro atoms. The molecule has 0 aliphatic carbocycles. The van der Waals surface area contributed by atoms with Gasteiger partial charge in [-0.3, -0.25) is 9.59 Å². The van der Waals surface area contributed by atoms with Crippen molar-refractivity contribution in [2.75, 3.05) is 14.2 Å². The minimum absolute atomic E-state index is 0.0201. The van der Waals surface area contributed by atoms with E-state index in [0.29, 0.717) is 12.2 Å². The predicted octanol–water partition coefficient (Wildman–Crippen LogP) is 6.14. The first-order valence-electron chi connectivity index (χ1n) is 11.6. The van der Waals surface area contributed by atoms with E-state index in [4.69, 9.17) is 9.21 Å². The fourth-order valence-electron chi connectivity index (χ4n) is 2.83. The Bertz CT molecular complexity index is 1040. The van der Waals surface area contributed by atoms with Gasteiger partial charge in [0.15, 0.2) is 5.78 Å². The van der Waals surface area contributed by atoms with Crippen molar-refractivity contribution in [1.82, 2.24) is 5.32 Å². The lowest BCUT2D eigenvalue weighted by Crippen LogP contribution is -2.19. The molecule has 208 valence electrons. The Morgan fingerprint density at radius 2 is 1.89 bits per heavy atom. The second-order valence-corrected chi connectivity index (χ2v) is 9.72. The van der Waals surface area contributed by atoms with Crippen LogP contribution in [0.2, 0.25) is 0 Å². The molecule has 2 rings (SSSR count). The van der Waals surface area contributed by atoms with E-state index in [1.54, 1.807) is 19.9 Å². The number of halogens is 3. The molecule has 0 radical (unpaired) electrons. The van der Waals surface area contributed by atoms with Gasteiger partial charge in [0, 0.05) is 41.1 Å². The molecule has 0 aliphatic rings. The number of aromatic hydroxyl groups is 1. The summed E-state index contributed by atoms with van der Waals surface area (Å²) in [4.78, 5) is 34.6. The largest absolute Gasteiger partial charge is 0.507 e. The molecule has 0 fully saturated rings. The lowest BCUT2D eigenvalue weighted by Gasteiger charge is -2.11. The summed E-state index contributed by atoms with van der Waals surface area (Å²) in [5.41, 5.74) is -1.02. The summed E-state index contributed by atoms with van der Waals surface area (Å²) in [5.74, 6) is -0.687. The zero-order valence-electron chi connectivity index (χ0n) is 22.0. The lowest BCUT2D eigenvalue weighted by atomic mass is 9.99. The van der Waals surface area contributed by atoms with Gasteiger partial charge in [0.2, 0.25) is 0 Å². The number of thiophene rings is 1. The van der Waals surface area contributed by atoms with Gasteiger partial charge in [0.05, 0.1) is 7.11 Å². The molecular formula is C26H36F3NO6S. The van der Waals surface area contributed by atoms with Crippen LogP contribution in [0.3, 0.4) is 0 Å². The average molecular weight is 548 g/mol. The first kappa shape index (κ1) is 33.9. The van der Waals surface area contributed by atoms with Gasteiger partial charge in [-0.25, -0.2) is 4.79 Å². The number of carbonyl (C=O) groups excluding carboxylic acids is 2. The molecule has 0 aliphatic heterocycles. The smallest absolute Gasteiger partial charge is 0.389 e. The Hall–Kier alpha value is -3.08. The number of allylic oxidation sites excluding steroid dienone is 1. The van der Waals surface area contributed by atoms with Crippen LogP contribution in [-0.2, 0) is 16.0 Å². The molecule has 11 heteroatoms. The summed E-state index contributed by atoms with van der Waals surface area (Å²) in [5, 5.41) is 12.8. The number of carbonyl (C=O) groups is 2. The summed E-state index contributed by atoms with van der Waals surface area (Å²) in [6.07, 6.45) is 0.778. The molecule has 0 amide bonds. The van der Waals surface area contributed by atoms with Crippen LogP contribution in [0.5, 0.6) is 5.75 Å². The Balaban J connectivity index is 0.000000678. The van der Waals surface area contributed by atoms with Gasteiger partial charge in [-0.15, -0.1) is 11.3 Å². The van der Waals surface area contributed by atoms with Crippen LogP contribution in [0, 0.1) is 12.8 Å². The highest BCUT2D eigenvalue weighted by atomic mass is 32.1. The molecule has 0 saturated carbocycles. The van der Waals surface area contributed by atoms with Crippen molar-refractivity contribution in [3.63, 3.8) is 0 Å². The highest BCUT2D eigenvalue weighted by molar-refractivity contribution is 7.11. The Kier molecular flexibility index (Phi) is 15.9. The zero-order chi connectivity index (χ0) is 28.6. The molecule has 2 aromatic rings. The molecule has 0 aromatic carbocycles. The first-order valence-corrected chi connectivity index (χ1v) is 12.4. The SMILES string of the molecule is CN/C=C/CCC(C)c1cc(O)c(C(=O)C(C)C)c(=O)o1.COC=O.Cc1ccc(CCC(F)(F)F)s1. The average Bonchev–Trinajstić information content (AvgIpc) is 3.25. The summed E-state index contributed by atoms with van der Waals surface area (Å²) in [6.45, 7) is 7.52. The van der Waals surface area contributed by atoms with Gasteiger partial charge >= 0.3 is 11.8 Å². The van der Waals surface area contributed by atoms with E-state index in [2.05, 4.69) is 10.1 Å². The number of ether oxygens (including phenoxy) is 1.